The molecule has 80 valence electrons. The van der Waals surface area contributed by atoms with Crippen LogP contribution in [-0.4, -0.2) is 37.4 Å². The Balaban J connectivity index is 2.12. The zero-order valence-electron chi connectivity index (χ0n) is 8.83. The van der Waals surface area contributed by atoms with Gasteiger partial charge in [-0.05, 0) is 6.54 Å². The van der Waals surface area contributed by atoms with Crippen molar-refractivity contribution in [1.29, 1.82) is 0 Å². The van der Waals surface area contributed by atoms with E-state index in [4.69, 9.17) is 0 Å². The van der Waals surface area contributed by atoms with Crippen LogP contribution in [0.2, 0.25) is 0 Å². The molecule has 2 rings (SSSR count). The number of anilines is 1. The van der Waals surface area contributed by atoms with Gasteiger partial charge in [0.1, 0.15) is 0 Å². The third kappa shape index (κ3) is 2.30. The number of fused-ring (bicyclic) bond motifs is 1. The number of aromatic nitrogens is 1. The number of amides is 2. The summed E-state index contributed by atoms with van der Waals surface area (Å²) >= 11 is 1.56. The molecule has 0 aliphatic carbocycles. The highest BCUT2D eigenvalue weighted by Gasteiger charge is 2.18. The van der Waals surface area contributed by atoms with Gasteiger partial charge in [0.05, 0.1) is 5.69 Å². The molecule has 1 aliphatic rings. The fraction of sp³-hybridized carbons (Fsp3) is 0.500. The van der Waals surface area contributed by atoms with Gasteiger partial charge in [-0.3, -0.25) is 5.32 Å². The van der Waals surface area contributed by atoms with Gasteiger partial charge >= 0.3 is 6.03 Å². The molecule has 2 N–H and O–H groups in total. The van der Waals surface area contributed by atoms with Gasteiger partial charge in [0, 0.05) is 24.9 Å². The number of nitrogens with one attached hydrogen (secondary N) is 2. The minimum Gasteiger partial charge on any atom is -0.344 e. The Kier molecular flexibility index (Phi) is 2.92. The first kappa shape index (κ1) is 10.4. The average Bonchev–Trinajstić information content (AvgIpc) is 2.59. The molecule has 0 atom stereocenters. The lowest BCUT2D eigenvalue weighted by atomic mass is 10.1. The third-order valence-corrected chi connectivity index (χ3v) is 3.37. The molecule has 5 nitrogen and oxygen atoms in total. The van der Waals surface area contributed by atoms with Crippen LogP contribution in [-0.2, 0) is 13.0 Å². The zero-order valence-corrected chi connectivity index (χ0v) is 9.65. The van der Waals surface area contributed by atoms with Crippen LogP contribution in [0.3, 0.4) is 0 Å². The van der Waals surface area contributed by atoms with Gasteiger partial charge in [0.2, 0.25) is 0 Å². The monoisotopic (exact) mass is 224 g/mol. The normalized spacial score (nSPS) is 15.8. The molecule has 2 heterocycles. The number of carbonyl (C=O) groups excluding carboxylic acids is 1. The lowest BCUT2D eigenvalue weighted by Crippen LogP contribution is -2.27. The van der Waals surface area contributed by atoms with Crippen molar-refractivity contribution in [3.05, 3.63) is 10.6 Å². The van der Waals surface area contributed by atoms with E-state index in [1.807, 2.05) is 0 Å². The first-order chi connectivity index (χ1) is 7.19. The quantitative estimate of drug-likeness (QED) is 0.649. The summed E-state index contributed by atoms with van der Waals surface area (Å²) in [4.78, 5) is 19.0. The predicted octanol–water partition coefficient (Wildman–Crippen LogP) is -0.199. The standard InChI is InChI=1S/C8H13BN4OS/c1-10-7(14)12-8-11-5-2-3-13(9)4-6(5)15-8/h2-4,9H2,1H3,(H2,10,11,12,14). The maximum Gasteiger partial charge on any atom is 0.320 e. The Morgan fingerprint density at radius 3 is 3.20 bits per heavy atom. The summed E-state index contributed by atoms with van der Waals surface area (Å²) in [6.45, 7) is 1.97. The summed E-state index contributed by atoms with van der Waals surface area (Å²) in [5.74, 6) is 0. The number of thiazole rings is 1. The van der Waals surface area contributed by atoms with Crippen molar-refractivity contribution in [2.75, 3.05) is 18.9 Å². The molecule has 0 fully saturated rings. The van der Waals surface area contributed by atoms with Gasteiger partial charge in [-0.2, -0.15) is 0 Å². The van der Waals surface area contributed by atoms with Crippen molar-refractivity contribution in [2.24, 2.45) is 0 Å². The second kappa shape index (κ2) is 4.20. The van der Waals surface area contributed by atoms with E-state index < -0.39 is 0 Å². The van der Waals surface area contributed by atoms with Crippen LogP contribution >= 0.6 is 11.3 Å². The highest BCUT2D eigenvalue weighted by molar-refractivity contribution is 7.15. The van der Waals surface area contributed by atoms with Crippen molar-refractivity contribution in [3.63, 3.8) is 0 Å². The first-order valence-corrected chi connectivity index (χ1v) is 5.66. The predicted molar refractivity (Wildman–Crippen MR) is 62.9 cm³/mol. The summed E-state index contributed by atoms with van der Waals surface area (Å²) in [6.07, 6.45) is 0.970. The fourth-order valence-electron chi connectivity index (χ4n) is 1.54. The molecule has 1 aromatic heterocycles. The minimum atomic E-state index is -0.213. The number of hydrogen-bond donors (Lipinski definition) is 2. The number of nitrogens with zero attached hydrogens (tertiary/aromatic N) is 2. The van der Waals surface area contributed by atoms with E-state index in [-0.39, 0.29) is 6.03 Å². The van der Waals surface area contributed by atoms with E-state index in [1.165, 1.54) is 4.88 Å². The Bertz CT molecular complexity index is 381. The maximum absolute atomic E-state index is 11.1. The van der Waals surface area contributed by atoms with Gasteiger partial charge in [-0.1, -0.05) is 0 Å². The van der Waals surface area contributed by atoms with Crippen LogP contribution in [0.25, 0.3) is 0 Å². The highest BCUT2D eigenvalue weighted by Crippen LogP contribution is 2.27. The summed E-state index contributed by atoms with van der Waals surface area (Å²) in [7, 11) is 3.69. The molecule has 0 spiro atoms. The summed E-state index contributed by atoms with van der Waals surface area (Å²) in [5.41, 5.74) is 1.13. The van der Waals surface area contributed by atoms with E-state index in [2.05, 4.69) is 28.4 Å². The van der Waals surface area contributed by atoms with Crippen LogP contribution in [0.1, 0.15) is 10.6 Å². The van der Waals surface area contributed by atoms with Gasteiger partial charge in [0.25, 0.3) is 0 Å². The van der Waals surface area contributed by atoms with Gasteiger partial charge < -0.3 is 10.1 Å². The lowest BCUT2D eigenvalue weighted by molar-refractivity contribution is 0.254. The number of urea groups is 1. The topological polar surface area (TPSA) is 57.3 Å². The second-order valence-corrected chi connectivity index (χ2v) is 4.66. The molecule has 1 aliphatic heterocycles. The third-order valence-electron chi connectivity index (χ3n) is 2.37. The summed E-state index contributed by atoms with van der Waals surface area (Å²) < 4.78 is 0. The largest absolute Gasteiger partial charge is 0.344 e. The van der Waals surface area contributed by atoms with Crippen molar-refractivity contribution < 1.29 is 4.79 Å². The second-order valence-electron chi connectivity index (χ2n) is 3.58. The van der Waals surface area contributed by atoms with Crippen LogP contribution in [0.15, 0.2) is 0 Å². The molecule has 1 aromatic rings. The smallest absolute Gasteiger partial charge is 0.320 e. The number of rotatable bonds is 1. The van der Waals surface area contributed by atoms with E-state index in [0.29, 0.717) is 5.13 Å². The van der Waals surface area contributed by atoms with Crippen molar-refractivity contribution in [1.82, 2.24) is 15.1 Å². The van der Waals surface area contributed by atoms with Gasteiger partial charge in [-0.25, -0.2) is 9.78 Å². The van der Waals surface area contributed by atoms with Crippen LogP contribution in [0.5, 0.6) is 0 Å². The number of carbonyl (C=O) groups is 1. The lowest BCUT2D eigenvalue weighted by Gasteiger charge is -2.20. The van der Waals surface area contributed by atoms with Crippen molar-refractivity contribution in [3.8, 4) is 0 Å². The van der Waals surface area contributed by atoms with Crippen LogP contribution < -0.4 is 10.6 Å². The molecular weight excluding hydrogens is 211 g/mol. The van der Waals surface area contributed by atoms with Crippen molar-refractivity contribution >= 4 is 30.5 Å². The van der Waals surface area contributed by atoms with E-state index in [9.17, 15) is 4.79 Å². The average molecular weight is 224 g/mol. The molecule has 0 saturated carbocycles. The van der Waals surface area contributed by atoms with E-state index in [1.54, 1.807) is 18.4 Å². The summed E-state index contributed by atoms with van der Waals surface area (Å²) in [5, 5.41) is 5.90. The Labute approximate surface area is 93.3 Å². The SMILES string of the molecule is BN1CCc2nc(NC(=O)NC)sc2C1. The molecule has 7 heteroatoms. The Morgan fingerprint density at radius 1 is 1.67 bits per heavy atom. The molecule has 2 amide bonds. The Hall–Kier alpha value is -1.08. The Morgan fingerprint density at radius 2 is 2.47 bits per heavy atom. The van der Waals surface area contributed by atoms with Crippen LogP contribution in [0, 0.1) is 0 Å². The van der Waals surface area contributed by atoms with Gasteiger partial charge in [-0.15, -0.1) is 11.3 Å². The minimum absolute atomic E-state index is 0.213. The van der Waals surface area contributed by atoms with Crippen molar-refractivity contribution in [2.45, 2.75) is 13.0 Å². The number of hydrogen-bond acceptors (Lipinski definition) is 4. The molecule has 0 radical (unpaired) electrons. The van der Waals surface area contributed by atoms with E-state index >= 15 is 0 Å². The molecule has 0 saturated heterocycles. The molecule has 0 aromatic carbocycles. The first-order valence-electron chi connectivity index (χ1n) is 4.85. The molecule has 0 unspecified atom stereocenters. The molecule has 15 heavy (non-hydrogen) atoms. The molecular formula is C8H13BN4OS. The van der Waals surface area contributed by atoms with E-state index in [0.717, 1.165) is 25.2 Å². The van der Waals surface area contributed by atoms with Crippen LogP contribution in [0.4, 0.5) is 9.93 Å². The molecule has 0 bridgehead atoms. The maximum atomic E-state index is 11.1. The van der Waals surface area contributed by atoms with Gasteiger partial charge in [0.15, 0.2) is 13.1 Å². The fourth-order valence-corrected chi connectivity index (χ4v) is 2.62. The zero-order chi connectivity index (χ0) is 10.8. The highest BCUT2D eigenvalue weighted by atomic mass is 32.1. The summed E-state index contributed by atoms with van der Waals surface area (Å²) in [6, 6.07) is -0.213.